The predicted molar refractivity (Wildman–Crippen MR) is 85.7 cm³/mol. The fourth-order valence-corrected chi connectivity index (χ4v) is 3.34. The Hall–Kier alpha value is -1.68. The van der Waals surface area contributed by atoms with E-state index in [1.54, 1.807) is 6.92 Å². The van der Waals surface area contributed by atoms with Crippen molar-refractivity contribution < 1.29 is 9.59 Å². The van der Waals surface area contributed by atoms with Crippen LogP contribution in [0, 0.1) is 5.41 Å². The quantitative estimate of drug-likeness (QED) is 0.840. The lowest BCUT2D eigenvalue weighted by Crippen LogP contribution is -2.49. The van der Waals surface area contributed by atoms with E-state index in [-0.39, 0.29) is 23.8 Å². The molecule has 2 N–H and O–H groups in total. The molecule has 0 aromatic heterocycles. The summed E-state index contributed by atoms with van der Waals surface area (Å²) in [4.78, 5) is 23.7. The van der Waals surface area contributed by atoms with Crippen molar-refractivity contribution in [3.8, 4) is 0 Å². The Morgan fingerprint density at radius 3 is 2.50 bits per heavy atom. The Morgan fingerprint density at radius 1 is 1.23 bits per heavy atom. The molecule has 0 radical (unpaired) electrons. The van der Waals surface area contributed by atoms with Gasteiger partial charge in [0.15, 0.2) is 5.78 Å². The number of amides is 1. The number of hydrogen-bond acceptors (Lipinski definition) is 3. The van der Waals surface area contributed by atoms with Crippen LogP contribution in [0.3, 0.4) is 0 Å². The first-order valence-corrected chi connectivity index (χ1v) is 8.14. The Balaban J connectivity index is 1.59. The molecule has 4 nitrogen and oxygen atoms in total. The lowest BCUT2D eigenvalue weighted by Gasteiger charge is -2.30. The Morgan fingerprint density at radius 2 is 1.91 bits per heavy atom. The molecule has 1 spiro atoms. The number of nitrogens with one attached hydrogen (secondary N) is 2. The molecule has 2 aliphatic rings. The first-order valence-electron chi connectivity index (χ1n) is 8.14. The van der Waals surface area contributed by atoms with Crippen molar-refractivity contribution in [2.45, 2.75) is 51.6 Å². The van der Waals surface area contributed by atoms with Crippen molar-refractivity contribution >= 4 is 11.7 Å². The normalized spacial score (nSPS) is 23.8. The summed E-state index contributed by atoms with van der Waals surface area (Å²) >= 11 is 0. The zero-order valence-corrected chi connectivity index (χ0v) is 13.3. The van der Waals surface area contributed by atoms with Gasteiger partial charge < -0.3 is 10.6 Å². The van der Waals surface area contributed by atoms with Crippen molar-refractivity contribution in [3.05, 3.63) is 35.4 Å². The van der Waals surface area contributed by atoms with Crippen LogP contribution in [-0.4, -0.2) is 24.3 Å². The summed E-state index contributed by atoms with van der Waals surface area (Å²) in [7, 11) is 0. The first kappa shape index (κ1) is 15.2. The highest BCUT2D eigenvalue weighted by Gasteiger charge is 2.47. The fourth-order valence-electron chi connectivity index (χ4n) is 3.34. The van der Waals surface area contributed by atoms with E-state index in [2.05, 4.69) is 10.6 Å². The molecule has 118 valence electrons. The fraction of sp³-hybridized carbons (Fsp3) is 0.556. The van der Waals surface area contributed by atoms with Crippen LogP contribution >= 0.6 is 0 Å². The van der Waals surface area contributed by atoms with Gasteiger partial charge in [0.1, 0.15) is 0 Å². The lowest BCUT2D eigenvalue weighted by atomic mass is 9.89. The van der Waals surface area contributed by atoms with Gasteiger partial charge in [0, 0.05) is 5.56 Å². The smallest absolute Gasteiger partial charge is 0.237 e. The van der Waals surface area contributed by atoms with Gasteiger partial charge in [-0.15, -0.1) is 0 Å². The van der Waals surface area contributed by atoms with Crippen molar-refractivity contribution in [1.82, 2.24) is 10.6 Å². The average Bonchev–Trinajstić information content (AvgIpc) is 3.26. The number of benzene rings is 1. The minimum absolute atomic E-state index is 0.0487. The van der Waals surface area contributed by atoms with Crippen LogP contribution < -0.4 is 10.6 Å². The molecule has 0 unspecified atom stereocenters. The van der Waals surface area contributed by atoms with Crippen LogP contribution in [0.1, 0.15) is 61.5 Å². The molecule has 1 amide bonds. The van der Waals surface area contributed by atoms with Gasteiger partial charge in [-0.3, -0.25) is 9.59 Å². The molecule has 1 saturated heterocycles. The molecular weight excluding hydrogens is 276 g/mol. The van der Waals surface area contributed by atoms with E-state index >= 15 is 0 Å². The van der Waals surface area contributed by atoms with Gasteiger partial charge in [0.05, 0.1) is 12.1 Å². The van der Waals surface area contributed by atoms with Crippen LogP contribution in [0.4, 0.5) is 0 Å². The molecular formula is C18H24N2O2. The molecule has 3 rings (SSSR count). The minimum atomic E-state index is -0.0600. The highest BCUT2D eigenvalue weighted by molar-refractivity contribution is 5.94. The summed E-state index contributed by atoms with van der Waals surface area (Å²) in [6, 6.07) is 7.36. The largest absolute Gasteiger partial charge is 0.348 e. The van der Waals surface area contributed by atoms with Crippen LogP contribution in [0.15, 0.2) is 24.3 Å². The van der Waals surface area contributed by atoms with Crippen molar-refractivity contribution in [1.29, 1.82) is 0 Å². The van der Waals surface area contributed by atoms with E-state index in [0.717, 1.165) is 18.5 Å². The van der Waals surface area contributed by atoms with Crippen LogP contribution in [-0.2, 0) is 4.79 Å². The molecule has 22 heavy (non-hydrogen) atoms. The average molecular weight is 300 g/mol. The van der Waals surface area contributed by atoms with E-state index < -0.39 is 0 Å². The molecule has 4 heteroatoms. The topological polar surface area (TPSA) is 58.2 Å². The molecule has 1 saturated carbocycles. The Bertz CT molecular complexity index is 575. The maximum Gasteiger partial charge on any atom is 0.237 e. The van der Waals surface area contributed by atoms with Gasteiger partial charge in [0.25, 0.3) is 0 Å². The Labute approximate surface area is 131 Å². The molecule has 1 aromatic carbocycles. The lowest BCUT2D eigenvalue weighted by molar-refractivity contribution is -0.124. The van der Waals surface area contributed by atoms with E-state index in [9.17, 15) is 9.59 Å². The standard InChI is InChI=1S/C18H24N2O2/c1-12(14-3-5-15(6-4-14)13(2)21)20-17(22)16-11-18(7-8-18)9-10-19-16/h3-6,12,16,19H,7-11H2,1-2H3,(H,20,22)/t12-,16+/m0/s1. The second-order valence-corrected chi connectivity index (χ2v) is 6.87. The molecule has 2 fully saturated rings. The number of Topliss-reactive ketones (excluding diaryl/α,β-unsaturated/α-hetero) is 1. The number of carbonyl (C=O) groups is 2. The SMILES string of the molecule is CC(=O)c1ccc([C@H](C)NC(=O)[C@H]2CC3(CCN2)CC3)cc1. The van der Waals surface area contributed by atoms with Gasteiger partial charge in [-0.1, -0.05) is 24.3 Å². The zero-order chi connectivity index (χ0) is 15.7. The zero-order valence-electron chi connectivity index (χ0n) is 13.3. The minimum Gasteiger partial charge on any atom is -0.348 e. The number of piperidine rings is 1. The summed E-state index contributed by atoms with van der Waals surface area (Å²) in [6.45, 7) is 4.48. The van der Waals surface area contributed by atoms with Crippen LogP contribution in [0.2, 0.25) is 0 Å². The third kappa shape index (κ3) is 3.22. The van der Waals surface area contributed by atoms with Crippen LogP contribution in [0.25, 0.3) is 0 Å². The maximum atomic E-state index is 12.4. The monoisotopic (exact) mass is 300 g/mol. The van der Waals surface area contributed by atoms with E-state index in [4.69, 9.17) is 0 Å². The third-order valence-electron chi connectivity index (χ3n) is 5.13. The summed E-state index contributed by atoms with van der Waals surface area (Å²) < 4.78 is 0. The maximum absolute atomic E-state index is 12.4. The van der Waals surface area contributed by atoms with Crippen LogP contribution in [0.5, 0.6) is 0 Å². The van der Waals surface area contributed by atoms with Gasteiger partial charge in [-0.05, 0) is 57.1 Å². The summed E-state index contributed by atoms with van der Waals surface area (Å²) in [6.07, 6.45) is 4.73. The Kier molecular flexibility index (Phi) is 4.04. The van der Waals surface area contributed by atoms with Gasteiger partial charge in [0.2, 0.25) is 5.91 Å². The third-order valence-corrected chi connectivity index (χ3v) is 5.13. The van der Waals surface area contributed by atoms with Gasteiger partial charge >= 0.3 is 0 Å². The summed E-state index contributed by atoms with van der Waals surface area (Å²) in [5, 5.41) is 6.43. The second kappa shape index (κ2) is 5.84. The van der Waals surface area contributed by atoms with Gasteiger partial charge in [-0.25, -0.2) is 0 Å². The summed E-state index contributed by atoms with van der Waals surface area (Å²) in [5.41, 5.74) is 2.18. The molecule has 1 aliphatic carbocycles. The highest BCUT2D eigenvalue weighted by atomic mass is 16.2. The van der Waals surface area contributed by atoms with E-state index in [1.807, 2.05) is 31.2 Å². The molecule has 1 heterocycles. The number of rotatable bonds is 4. The molecule has 1 aromatic rings. The van der Waals surface area contributed by atoms with Gasteiger partial charge in [-0.2, -0.15) is 0 Å². The number of ketones is 1. The molecule has 1 aliphatic heterocycles. The second-order valence-electron chi connectivity index (χ2n) is 6.87. The highest BCUT2D eigenvalue weighted by Crippen LogP contribution is 2.53. The first-order chi connectivity index (χ1) is 10.5. The predicted octanol–water partition coefficient (Wildman–Crippen LogP) is 2.60. The number of hydrogen-bond donors (Lipinski definition) is 2. The summed E-state index contributed by atoms with van der Waals surface area (Å²) in [5.74, 6) is 0.151. The van der Waals surface area contributed by atoms with E-state index in [1.165, 1.54) is 19.3 Å². The van der Waals surface area contributed by atoms with Crippen molar-refractivity contribution in [2.24, 2.45) is 5.41 Å². The van der Waals surface area contributed by atoms with Crippen molar-refractivity contribution in [2.75, 3.05) is 6.54 Å². The molecule has 0 bridgehead atoms. The van der Waals surface area contributed by atoms with Crippen molar-refractivity contribution in [3.63, 3.8) is 0 Å². The number of carbonyl (C=O) groups excluding carboxylic acids is 2. The molecule has 2 atom stereocenters. The van der Waals surface area contributed by atoms with E-state index in [0.29, 0.717) is 11.0 Å².